The van der Waals surface area contributed by atoms with E-state index < -0.39 is 17.9 Å². The van der Waals surface area contributed by atoms with E-state index in [1.807, 2.05) is 0 Å². The molecule has 102 valence electrons. The first-order valence-electron chi connectivity index (χ1n) is 5.48. The van der Waals surface area contributed by atoms with Crippen molar-refractivity contribution < 1.29 is 28.8 Å². The van der Waals surface area contributed by atoms with Crippen molar-refractivity contribution in [2.24, 2.45) is 0 Å². The maximum Gasteiger partial charge on any atom is 0.343 e. The minimum Gasteiger partial charge on any atom is -0.481 e. The Hall–Kier alpha value is -1.50. The van der Waals surface area contributed by atoms with E-state index in [1.165, 1.54) is 0 Å². The van der Waals surface area contributed by atoms with Crippen LogP contribution in [0.3, 0.4) is 0 Å². The van der Waals surface area contributed by atoms with Gasteiger partial charge in [0.1, 0.15) is 0 Å². The lowest BCUT2D eigenvalue weighted by atomic mass is 10.2. The van der Waals surface area contributed by atoms with E-state index >= 15 is 0 Å². The first-order valence-corrected chi connectivity index (χ1v) is 6.39. The molecule has 0 bridgehead atoms. The summed E-state index contributed by atoms with van der Waals surface area (Å²) in [5, 5.41) is 16.6. The molecule has 18 heavy (non-hydrogen) atoms. The summed E-state index contributed by atoms with van der Waals surface area (Å²) in [5.41, 5.74) is 0. The predicted octanol–water partition coefficient (Wildman–Crippen LogP) is 1.85. The Bertz CT molecular complexity index is 313. The Morgan fingerprint density at radius 2 is 1.67 bits per heavy atom. The largest absolute Gasteiger partial charge is 0.481 e. The number of aliphatic carboxylic acids is 2. The lowest BCUT2D eigenvalue weighted by Crippen LogP contribution is -1.97. The number of rotatable bonds is 10. The fraction of sp³-hybridized carbons (Fsp3) is 0.545. The lowest BCUT2D eigenvalue weighted by Gasteiger charge is -2.00. The van der Waals surface area contributed by atoms with Gasteiger partial charge in [0.25, 0.3) is 0 Å². The fourth-order valence-corrected chi connectivity index (χ4v) is 1.63. The first kappa shape index (κ1) is 16.5. The van der Waals surface area contributed by atoms with Crippen LogP contribution >= 0.6 is 12.0 Å². The second-order valence-electron chi connectivity index (χ2n) is 3.45. The van der Waals surface area contributed by atoms with Gasteiger partial charge in [-0.1, -0.05) is 12.8 Å². The van der Waals surface area contributed by atoms with Gasteiger partial charge in [0.2, 0.25) is 0 Å². The van der Waals surface area contributed by atoms with Crippen molar-refractivity contribution in [3.63, 3.8) is 0 Å². The van der Waals surface area contributed by atoms with Gasteiger partial charge in [-0.15, -0.1) is 0 Å². The molecule has 0 aliphatic rings. The summed E-state index contributed by atoms with van der Waals surface area (Å²) < 4.78 is 4.67. The van der Waals surface area contributed by atoms with Crippen LogP contribution in [0.2, 0.25) is 0 Å². The highest BCUT2D eigenvalue weighted by atomic mass is 32.2. The quantitative estimate of drug-likeness (QED) is 0.356. The number of carbonyl (C=O) groups excluding carboxylic acids is 1. The molecule has 0 amide bonds. The second-order valence-corrected chi connectivity index (χ2v) is 4.26. The molecule has 6 nitrogen and oxygen atoms in total. The molecule has 0 fully saturated rings. The van der Waals surface area contributed by atoms with E-state index in [4.69, 9.17) is 10.2 Å². The van der Waals surface area contributed by atoms with Crippen LogP contribution in [0.15, 0.2) is 12.2 Å². The van der Waals surface area contributed by atoms with E-state index in [1.54, 1.807) is 0 Å². The van der Waals surface area contributed by atoms with Crippen molar-refractivity contribution in [1.29, 1.82) is 0 Å². The molecule has 0 aromatic heterocycles. The van der Waals surface area contributed by atoms with Gasteiger partial charge in [0, 0.05) is 24.3 Å². The molecule has 0 aliphatic heterocycles. The third-order valence-electron chi connectivity index (χ3n) is 1.87. The van der Waals surface area contributed by atoms with Crippen LogP contribution < -0.4 is 0 Å². The summed E-state index contributed by atoms with van der Waals surface area (Å²) in [4.78, 5) is 31.2. The zero-order chi connectivity index (χ0) is 13.8. The molecule has 0 rings (SSSR count). The molecule has 0 heterocycles. The van der Waals surface area contributed by atoms with Crippen LogP contribution in [-0.2, 0) is 18.6 Å². The highest BCUT2D eigenvalue weighted by Gasteiger charge is 2.00. The minimum atomic E-state index is -1.20. The summed E-state index contributed by atoms with van der Waals surface area (Å²) in [6.07, 6.45) is 4.93. The summed E-state index contributed by atoms with van der Waals surface area (Å²) in [6.45, 7) is 0. The maximum absolute atomic E-state index is 10.9. The van der Waals surface area contributed by atoms with Crippen LogP contribution in [0.4, 0.5) is 0 Å². The molecule has 0 aliphatic carbocycles. The zero-order valence-corrected chi connectivity index (χ0v) is 10.6. The standard InChI is InChI=1S/C11H16O6S/c12-9(13)5-3-1-2-4-8-18-17-11(16)7-6-10(14)15/h6-7H,1-5,8H2,(H,12,13)(H,14,15)/b7-6-. The monoisotopic (exact) mass is 276 g/mol. The molecular formula is C11H16O6S. The highest BCUT2D eigenvalue weighted by Crippen LogP contribution is 2.10. The molecule has 2 N–H and O–H groups in total. The van der Waals surface area contributed by atoms with Crippen LogP contribution in [0.25, 0.3) is 0 Å². The number of unbranched alkanes of at least 4 members (excludes halogenated alkanes) is 3. The average Bonchev–Trinajstić information content (AvgIpc) is 2.29. The van der Waals surface area contributed by atoms with Crippen LogP contribution in [0.1, 0.15) is 32.1 Å². The Morgan fingerprint density at radius 3 is 2.28 bits per heavy atom. The van der Waals surface area contributed by atoms with Gasteiger partial charge in [-0.25, -0.2) is 9.59 Å². The third kappa shape index (κ3) is 12.6. The molecule has 0 spiro atoms. The maximum atomic E-state index is 10.9. The molecule has 0 saturated heterocycles. The normalized spacial score (nSPS) is 10.4. The van der Waals surface area contributed by atoms with Gasteiger partial charge in [-0.2, -0.15) is 0 Å². The van der Waals surface area contributed by atoms with Crippen molar-refractivity contribution in [2.45, 2.75) is 32.1 Å². The molecule has 0 radical (unpaired) electrons. The van der Waals surface area contributed by atoms with Crippen LogP contribution in [0, 0.1) is 0 Å². The number of hydrogen-bond donors (Lipinski definition) is 2. The van der Waals surface area contributed by atoms with E-state index in [0.29, 0.717) is 12.2 Å². The van der Waals surface area contributed by atoms with E-state index in [-0.39, 0.29) is 6.42 Å². The van der Waals surface area contributed by atoms with Crippen molar-refractivity contribution in [3.8, 4) is 0 Å². The Kier molecular flexibility index (Phi) is 9.75. The Balaban J connectivity index is 3.32. The first-order chi connectivity index (χ1) is 8.52. The molecule has 0 aromatic rings. The van der Waals surface area contributed by atoms with Crippen molar-refractivity contribution in [1.82, 2.24) is 0 Å². The van der Waals surface area contributed by atoms with Crippen LogP contribution in [-0.4, -0.2) is 33.9 Å². The number of carboxylic acids is 2. The Labute approximate surface area is 109 Å². The van der Waals surface area contributed by atoms with E-state index in [9.17, 15) is 14.4 Å². The zero-order valence-electron chi connectivity index (χ0n) is 9.83. The molecule has 0 atom stereocenters. The van der Waals surface area contributed by atoms with Gasteiger partial charge >= 0.3 is 17.9 Å². The smallest absolute Gasteiger partial charge is 0.343 e. The number of hydrogen-bond acceptors (Lipinski definition) is 5. The summed E-state index contributed by atoms with van der Waals surface area (Å²) in [6, 6.07) is 0. The summed E-state index contributed by atoms with van der Waals surface area (Å²) >= 11 is 0.967. The molecule has 0 saturated carbocycles. The topological polar surface area (TPSA) is 101 Å². The van der Waals surface area contributed by atoms with Gasteiger partial charge in [0.05, 0.1) is 12.0 Å². The molecule has 0 unspecified atom stereocenters. The Morgan fingerprint density at radius 1 is 1.00 bits per heavy atom. The van der Waals surface area contributed by atoms with Crippen molar-refractivity contribution in [2.75, 3.05) is 5.75 Å². The van der Waals surface area contributed by atoms with Gasteiger partial charge < -0.3 is 14.4 Å². The fourth-order valence-electron chi connectivity index (χ4n) is 1.06. The summed E-state index contributed by atoms with van der Waals surface area (Å²) in [5.74, 6) is -2.08. The average molecular weight is 276 g/mol. The van der Waals surface area contributed by atoms with E-state index in [0.717, 1.165) is 43.5 Å². The van der Waals surface area contributed by atoms with Gasteiger partial charge in [0.15, 0.2) is 0 Å². The summed E-state index contributed by atoms with van der Waals surface area (Å²) in [7, 11) is 0. The highest BCUT2D eigenvalue weighted by molar-refractivity contribution is 7.95. The SMILES string of the molecule is O=C(O)/C=C\C(=O)OSCCCCCCC(=O)O. The van der Waals surface area contributed by atoms with Crippen molar-refractivity contribution in [3.05, 3.63) is 12.2 Å². The third-order valence-corrected chi connectivity index (χ3v) is 2.61. The minimum absolute atomic E-state index is 0.183. The van der Waals surface area contributed by atoms with Crippen molar-refractivity contribution >= 4 is 30.0 Å². The molecule has 0 aromatic carbocycles. The lowest BCUT2D eigenvalue weighted by molar-refractivity contribution is -0.137. The van der Waals surface area contributed by atoms with Gasteiger partial charge in [-0.3, -0.25) is 4.79 Å². The van der Waals surface area contributed by atoms with E-state index in [2.05, 4.69) is 4.18 Å². The predicted molar refractivity (Wildman–Crippen MR) is 66.0 cm³/mol. The number of carboxylic acid groups (broad SMARTS) is 2. The number of carbonyl (C=O) groups is 3. The second kappa shape index (κ2) is 10.6. The van der Waals surface area contributed by atoms with Gasteiger partial charge in [-0.05, 0) is 12.8 Å². The molecule has 7 heteroatoms. The molecular weight excluding hydrogens is 260 g/mol. The van der Waals surface area contributed by atoms with Crippen LogP contribution in [0.5, 0.6) is 0 Å².